The third-order valence-corrected chi connectivity index (χ3v) is 6.79. The highest BCUT2D eigenvalue weighted by molar-refractivity contribution is 6.41. The Kier molecular flexibility index (Phi) is 4.07. The van der Waals surface area contributed by atoms with Crippen molar-refractivity contribution in [1.29, 1.82) is 0 Å². The van der Waals surface area contributed by atoms with E-state index >= 15 is 0 Å². The zero-order valence-corrected chi connectivity index (χ0v) is 18.3. The van der Waals surface area contributed by atoms with Crippen molar-refractivity contribution in [1.82, 2.24) is 4.98 Å². The number of nitrogens with two attached hydrogens (primary N) is 2. The molecule has 1 unspecified atom stereocenters. The molecule has 1 aliphatic rings. The summed E-state index contributed by atoms with van der Waals surface area (Å²) in [5, 5.41) is 3.56. The van der Waals surface area contributed by atoms with Crippen LogP contribution in [-0.2, 0) is 0 Å². The van der Waals surface area contributed by atoms with Crippen LogP contribution in [-0.4, -0.2) is 12.0 Å². The molecule has 4 N–H and O–H groups in total. The van der Waals surface area contributed by atoms with Crippen LogP contribution in [0.15, 0.2) is 78.9 Å². The van der Waals surface area contributed by atoms with Gasteiger partial charge in [0.05, 0.1) is 28.0 Å². The fourth-order valence-electron chi connectivity index (χ4n) is 5.03. The van der Waals surface area contributed by atoms with Crippen LogP contribution >= 0.6 is 11.6 Å². The molecule has 0 amide bonds. The largest absolute Gasteiger partial charge is 0.399 e. The van der Waals surface area contributed by atoms with Gasteiger partial charge in [-0.3, -0.25) is 0 Å². The van der Waals surface area contributed by atoms with E-state index in [1.54, 1.807) is 0 Å². The Labute approximate surface area is 191 Å². The first-order valence-corrected chi connectivity index (χ1v) is 10.9. The first kappa shape index (κ1) is 19.0. The van der Waals surface area contributed by atoms with Gasteiger partial charge in [-0.1, -0.05) is 72.3 Å². The number of pyridine rings is 1. The highest BCUT2D eigenvalue weighted by Crippen LogP contribution is 2.51. The molecule has 0 spiro atoms. The Bertz CT molecular complexity index is 1510. The summed E-state index contributed by atoms with van der Waals surface area (Å²) < 4.78 is 0. The number of hydrogen-bond donors (Lipinski definition) is 2. The van der Waals surface area contributed by atoms with Gasteiger partial charge in [0.15, 0.2) is 0 Å². The smallest absolute Gasteiger partial charge is 0.0804 e. The van der Waals surface area contributed by atoms with Crippen molar-refractivity contribution in [3.8, 4) is 11.3 Å². The third kappa shape index (κ3) is 2.60. The fourth-order valence-corrected chi connectivity index (χ4v) is 5.27. The van der Waals surface area contributed by atoms with Crippen LogP contribution in [0.5, 0.6) is 0 Å². The summed E-state index contributed by atoms with van der Waals surface area (Å²) in [6.45, 7) is 0. The second kappa shape index (κ2) is 6.87. The Balaban J connectivity index is 1.83. The molecule has 32 heavy (non-hydrogen) atoms. The molecule has 0 radical (unpaired) electrons. The van der Waals surface area contributed by atoms with Crippen molar-refractivity contribution < 1.29 is 0 Å². The summed E-state index contributed by atoms with van der Waals surface area (Å²) in [6.07, 6.45) is 0. The zero-order chi connectivity index (χ0) is 22.0. The van der Waals surface area contributed by atoms with Gasteiger partial charge in [-0.15, -0.1) is 0 Å². The summed E-state index contributed by atoms with van der Waals surface area (Å²) >= 11 is 6.85. The molecule has 0 fully saturated rings. The Morgan fingerprint density at radius 3 is 2.25 bits per heavy atom. The van der Waals surface area contributed by atoms with Crippen LogP contribution in [0.1, 0.15) is 17.2 Å². The number of benzene rings is 4. The molecule has 0 bridgehead atoms. The molecule has 4 aromatic carbocycles. The van der Waals surface area contributed by atoms with Crippen LogP contribution in [0.2, 0.25) is 5.02 Å². The molecule has 5 heteroatoms. The molecular formula is C27H21ClN4. The van der Waals surface area contributed by atoms with Crippen molar-refractivity contribution in [2.75, 3.05) is 23.4 Å². The molecular weight excluding hydrogens is 416 g/mol. The summed E-state index contributed by atoms with van der Waals surface area (Å²) in [4.78, 5) is 7.35. The van der Waals surface area contributed by atoms with Gasteiger partial charge in [0.25, 0.3) is 0 Å². The highest BCUT2D eigenvalue weighted by Gasteiger charge is 2.32. The molecule has 1 aliphatic heterocycles. The molecule has 156 valence electrons. The molecule has 1 atom stereocenters. The molecule has 6 rings (SSSR count). The lowest BCUT2D eigenvalue weighted by molar-refractivity contribution is 0.787. The molecule has 0 saturated heterocycles. The number of aromatic nitrogens is 1. The van der Waals surface area contributed by atoms with E-state index in [4.69, 9.17) is 28.1 Å². The molecule has 1 aromatic heterocycles. The maximum Gasteiger partial charge on any atom is 0.0804 e. The Morgan fingerprint density at radius 2 is 1.53 bits per heavy atom. The maximum atomic E-state index is 6.85. The van der Waals surface area contributed by atoms with Gasteiger partial charge in [0, 0.05) is 40.1 Å². The molecule has 0 aliphatic carbocycles. The second-order valence-corrected chi connectivity index (χ2v) is 8.68. The molecule has 5 aromatic rings. The number of rotatable bonds is 2. The highest BCUT2D eigenvalue weighted by atomic mass is 35.5. The summed E-state index contributed by atoms with van der Waals surface area (Å²) in [6, 6.07) is 26.5. The van der Waals surface area contributed by atoms with Gasteiger partial charge in [0.1, 0.15) is 0 Å². The average Bonchev–Trinajstić information content (AvgIpc) is 2.81. The number of anilines is 3. The maximum absolute atomic E-state index is 6.85. The van der Waals surface area contributed by atoms with Gasteiger partial charge in [-0.25, -0.2) is 4.98 Å². The van der Waals surface area contributed by atoms with Crippen LogP contribution in [0, 0.1) is 0 Å². The number of nitrogen functional groups attached to an aromatic ring is 2. The molecule has 4 nitrogen and oxygen atoms in total. The van der Waals surface area contributed by atoms with Gasteiger partial charge >= 0.3 is 0 Å². The van der Waals surface area contributed by atoms with Gasteiger partial charge in [-0.05, 0) is 29.3 Å². The van der Waals surface area contributed by atoms with Crippen LogP contribution in [0.4, 0.5) is 17.1 Å². The van der Waals surface area contributed by atoms with E-state index in [1.165, 1.54) is 5.56 Å². The van der Waals surface area contributed by atoms with E-state index in [0.717, 1.165) is 44.2 Å². The Morgan fingerprint density at radius 1 is 0.844 bits per heavy atom. The lowest BCUT2D eigenvalue weighted by atomic mass is 9.85. The minimum absolute atomic E-state index is 0.0112. The monoisotopic (exact) mass is 436 g/mol. The predicted octanol–water partition coefficient (Wildman–Crippen LogP) is 6.41. The van der Waals surface area contributed by atoms with E-state index in [9.17, 15) is 0 Å². The summed E-state index contributed by atoms with van der Waals surface area (Å²) in [5.74, 6) is 0. The standard InChI is InChI=1S/C27H21ClN4/c1-32-21-14-19(30)25(28)24-23(21)22-18(27(32)16-10-6-3-7-11-16)12-17(29)13-20(22)31-26(24)15-8-4-2-5-9-15/h2-14,27H,29-30H2,1H3. The normalized spacial score (nSPS) is 15.1. The number of halogens is 1. The summed E-state index contributed by atoms with van der Waals surface area (Å²) in [5.41, 5.74) is 20.1. The van der Waals surface area contributed by atoms with Crippen molar-refractivity contribution in [3.63, 3.8) is 0 Å². The fraction of sp³-hybridized carbons (Fsp3) is 0.0741. The first-order valence-electron chi connectivity index (χ1n) is 10.5. The first-order chi connectivity index (χ1) is 15.5. The van der Waals surface area contributed by atoms with Crippen LogP contribution in [0.3, 0.4) is 0 Å². The summed E-state index contributed by atoms with van der Waals surface area (Å²) in [7, 11) is 2.10. The minimum atomic E-state index is -0.0112. The van der Waals surface area contributed by atoms with Gasteiger partial charge in [0.2, 0.25) is 0 Å². The third-order valence-electron chi connectivity index (χ3n) is 6.39. The number of nitrogens with zero attached hydrogens (tertiary/aromatic N) is 2. The average molecular weight is 437 g/mol. The minimum Gasteiger partial charge on any atom is -0.399 e. The lowest BCUT2D eigenvalue weighted by Crippen LogP contribution is -2.28. The predicted molar refractivity (Wildman–Crippen MR) is 135 cm³/mol. The van der Waals surface area contributed by atoms with Crippen LogP contribution < -0.4 is 16.4 Å². The van der Waals surface area contributed by atoms with E-state index < -0.39 is 0 Å². The zero-order valence-electron chi connectivity index (χ0n) is 17.5. The molecule has 2 heterocycles. The van der Waals surface area contributed by atoms with Crippen molar-refractivity contribution in [2.24, 2.45) is 0 Å². The quantitative estimate of drug-likeness (QED) is 0.248. The van der Waals surface area contributed by atoms with Crippen molar-refractivity contribution >= 4 is 50.3 Å². The van der Waals surface area contributed by atoms with E-state index in [-0.39, 0.29) is 6.04 Å². The Hall–Kier alpha value is -3.76. The SMILES string of the molecule is CN1c2cc(N)c(Cl)c3c(-c4ccccc4)nc4cc(N)cc(c4c23)C1c1ccccc1. The van der Waals surface area contributed by atoms with Gasteiger partial charge < -0.3 is 16.4 Å². The van der Waals surface area contributed by atoms with Crippen LogP contribution in [0.25, 0.3) is 32.9 Å². The van der Waals surface area contributed by atoms with Gasteiger partial charge in [-0.2, -0.15) is 0 Å². The van der Waals surface area contributed by atoms with E-state index in [1.807, 2.05) is 48.5 Å². The van der Waals surface area contributed by atoms with E-state index in [0.29, 0.717) is 16.4 Å². The molecule has 0 saturated carbocycles. The second-order valence-electron chi connectivity index (χ2n) is 8.30. The topological polar surface area (TPSA) is 68.2 Å². The van der Waals surface area contributed by atoms with Crippen molar-refractivity contribution in [3.05, 3.63) is 95.0 Å². The lowest BCUT2D eigenvalue weighted by Gasteiger charge is -2.37. The van der Waals surface area contributed by atoms with Crippen molar-refractivity contribution in [2.45, 2.75) is 6.04 Å². The van der Waals surface area contributed by atoms with E-state index in [2.05, 4.69) is 42.3 Å². The number of hydrogen-bond acceptors (Lipinski definition) is 4.